The summed E-state index contributed by atoms with van der Waals surface area (Å²) in [5, 5.41) is 3.56. The van der Waals surface area contributed by atoms with Gasteiger partial charge in [-0.05, 0) is 60.9 Å². The van der Waals surface area contributed by atoms with Crippen LogP contribution in [0.5, 0.6) is 5.75 Å². The molecule has 0 aliphatic carbocycles. The van der Waals surface area contributed by atoms with Gasteiger partial charge in [-0.15, -0.1) is 0 Å². The molecule has 3 aromatic rings. The largest absolute Gasteiger partial charge is 0.494 e. The molecule has 0 bridgehead atoms. The summed E-state index contributed by atoms with van der Waals surface area (Å²) in [6.07, 6.45) is 1.98. The number of ether oxygens (including phenoxy) is 1. The van der Waals surface area contributed by atoms with Crippen LogP contribution in [0.2, 0.25) is 10.0 Å². The molecular formula is C30H35Cl2N3O5S. The molecule has 0 aliphatic heterocycles. The number of amides is 2. The monoisotopic (exact) mass is 619 g/mol. The molecule has 0 fully saturated rings. The van der Waals surface area contributed by atoms with Gasteiger partial charge in [-0.2, -0.15) is 0 Å². The first-order valence-electron chi connectivity index (χ1n) is 13.3. The van der Waals surface area contributed by atoms with Gasteiger partial charge in [-0.3, -0.25) is 13.9 Å². The van der Waals surface area contributed by atoms with Gasteiger partial charge in [-0.1, -0.05) is 66.5 Å². The third-order valence-electron chi connectivity index (χ3n) is 6.27. The van der Waals surface area contributed by atoms with Crippen LogP contribution in [-0.2, 0) is 32.6 Å². The lowest BCUT2D eigenvalue weighted by Gasteiger charge is -2.33. The number of halogens is 2. The van der Waals surface area contributed by atoms with Gasteiger partial charge in [0.25, 0.3) is 0 Å². The van der Waals surface area contributed by atoms with Gasteiger partial charge in [0.15, 0.2) is 0 Å². The molecule has 2 amide bonds. The Morgan fingerprint density at radius 1 is 0.927 bits per heavy atom. The Balaban J connectivity index is 2.03. The smallest absolute Gasteiger partial charge is 0.244 e. The van der Waals surface area contributed by atoms with E-state index in [9.17, 15) is 18.0 Å². The second-order valence-corrected chi connectivity index (χ2v) is 12.2. The summed E-state index contributed by atoms with van der Waals surface area (Å²) >= 11 is 12.4. The zero-order valence-electron chi connectivity index (χ0n) is 23.3. The van der Waals surface area contributed by atoms with E-state index in [2.05, 4.69) is 5.32 Å². The minimum atomic E-state index is -3.87. The van der Waals surface area contributed by atoms with Crippen LogP contribution in [-0.4, -0.2) is 57.1 Å². The van der Waals surface area contributed by atoms with Crippen molar-refractivity contribution in [3.8, 4) is 5.75 Å². The van der Waals surface area contributed by atoms with Crippen molar-refractivity contribution in [3.63, 3.8) is 0 Å². The van der Waals surface area contributed by atoms with Crippen molar-refractivity contribution in [1.82, 2.24) is 10.2 Å². The molecule has 220 valence electrons. The first-order valence-corrected chi connectivity index (χ1v) is 15.9. The van der Waals surface area contributed by atoms with Gasteiger partial charge in [-0.25, -0.2) is 8.42 Å². The standard InChI is InChI=1S/C30H35Cl2N3O5S/c1-4-17-33-30(37)28(19-22-9-7-6-8-10-22)34(20-23-11-16-26(31)27(32)18-23)29(36)21-35(41(3,38)39)24-12-14-25(15-13-24)40-5-2/h6-16,18,28H,4-5,17,19-21H2,1-3H3,(H,33,37)/t28-/m1/s1. The van der Waals surface area contributed by atoms with E-state index in [1.54, 1.807) is 42.5 Å². The maximum absolute atomic E-state index is 14.1. The van der Waals surface area contributed by atoms with Crippen molar-refractivity contribution < 1.29 is 22.7 Å². The number of hydrogen-bond acceptors (Lipinski definition) is 5. The SMILES string of the molecule is CCCNC(=O)[C@@H](Cc1ccccc1)N(Cc1ccc(Cl)c(Cl)c1)C(=O)CN(c1ccc(OCC)cc1)S(C)(=O)=O. The molecule has 0 saturated carbocycles. The Morgan fingerprint density at radius 3 is 2.20 bits per heavy atom. The molecule has 0 heterocycles. The van der Waals surface area contributed by atoms with Crippen LogP contribution in [0.1, 0.15) is 31.4 Å². The number of carbonyl (C=O) groups excluding carboxylic acids is 2. The molecule has 0 saturated heterocycles. The molecule has 0 unspecified atom stereocenters. The topological polar surface area (TPSA) is 96.0 Å². The average Bonchev–Trinajstić information content (AvgIpc) is 2.94. The number of nitrogens with one attached hydrogen (secondary N) is 1. The number of nitrogens with zero attached hydrogens (tertiary/aromatic N) is 2. The summed E-state index contributed by atoms with van der Waals surface area (Å²) in [5.74, 6) is -0.313. The highest BCUT2D eigenvalue weighted by Gasteiger charge is 2.33. The molecule has 11 heteroatoms. The highest BCUT2D eigenvalue weighted by molar-refractivity contribution is 7.92. The zero-order valence-corrected chi connectivity index (χ0v) is 25.7. The lowest BCUT2D eigenvalue weighted by atomic mass is 10.0. The van der Waals surface area contributed by atoms with Crippen LogP contribution in [0, 0.1) is 0 Å². The maximum atomic E-state index is 14.1. The van der Waals surface area contributed by atoms with Crippen molar-refractivity contribution in [3.05, 3.63) is 94.0 Å². The number of rotatable bonds is 14. The lowest BCUT2D eigenvalue weighted by Crippen LogP contribution is -2.53. The van der Waals surface area contributed by atoms with Gasteiger partial charge >= 0.3 is 0 Å². The van der Waals surface area contributed by atoms with Gasteiger partial charge in [0, 0.05) is 19.5 Å². The number of benzene rings is 3. The molecule has 0 aromatic heterocycles. The number of hydrogen-bond donors (Lipinski definition) is 1. The Kier molecular flexibility index (Phi) is 11.9. The van der Waals surface area contributed by atoms with Crippen LogP contribution in [0.25, 0.3) is 0 Å². The fourth-order valence-corrected chi connectivity index (χ4v) is 5.41. The second kappa shape index (κ2) is 15.1. The predicted molar refractivity (Wildman–Crippen MR) is 164 cm³/mol. The summed E-state index contributed by atoms with van der Waals surface area (Å²) in [5.41, 5.74) is 1.79. The minimum absolute atomic E-state index is 0.00759. The van der Waals surface area contributed by atoms with Crippen LogP contribution in [0.4, 0.5) is 5.69 Å². The van der Waals surface area contributed by atoms with Gasteiger partial charge in [0.1, 0.15) is 18.3 Å². The Morgan fingerprint density at radius 2 is 1.61 bits per heavy atom. The highest BCUT2D eigenvalue weighted by Crippen LogP contribution is 2.26. The molecular weight excluding hydrogens is 585 g/mol. The predicted octanol–water partition coefficient (Wildman–Crippen LogP) is 5.32. The molecule has 1 N–H and O–H groups in total. The van der Waals surface area contributed by atoms with E-state index in [4.69, 9.17) is 27.9 Å². The van der Waals surface area contributed by atoms with E-state index in [-0.39, 0.29) is 18.9 Å². The van der Waals surface area contributed by atoms with E-state index in [0.717, 1.165) is 16.1 Å². The van der Waals surface area contributed by atoms with Crippen LogP contribution in [0.3, 0.4) is 0 Å². The van der Waals surface area contributed by atoms with Crippen molar-refractivity contribution in [2.24, 2.45) is 0 Å². The van der Waals surface area contributed by atoms with Crippen molar-refractivity contribution in [2.75, 3.05) is 30.3 Å². The summed E-state index contributed by atoms with van der Waals surface area (Å²) in [4.78, 5) is 29.0. The molecule has 3 rings (SSSR count). The third kappa shape index (κ3) is 9.38. The van der Waals surface area contributed by atoms with Gasteiger partial charge < -0.3 is 15.0 Å². The quantitative estimate of drug-likeness (QED) is 0.263. The summed E-state index contributed by atoms with van der Waals surface area (Å²) in [6, 6.07) is 19.9. The van der Waals surface area contributed by atoms with Crippen LogP contribution >= 0.6 is 23.2 Å². The van der Waals surface area contributed by atoms with E-state index in [1.807, 2.05) is 44.2 Å². The summed E-state index contributed by atoms with van der Waals surface area (Å²) in [7, 11) is -3.87. The highest BCUT2D eigenvalue weighted by atomic mass is 35.5. The van der Waals surface area contributed by atoms with Gasteiger partial charge in [0.05, 0.1) is 28.6 Å². The lowest BCUT2D eigenvalue weighted by molar-refractivity contribution is -0.140. The van der Waals surface area contributed by atoms with Crippen LogP contribution in [0.15, 0.2) is 72.8 Å². The summed E-state index contributed by atoms with van der Waals surface area (Å²) in [6.45, 7) is 4.17. The minimum Gasteiger partial charge on any atom is -0.494 e. The molecule has 3 aromatic carbocycles. The average molecular weight is 621 g/mol. The molecule has 0 radical (unpaired) electrons. The number of sulfonamides is 1. The molecule has 1 atom stereocenters. The Bertz CT molecular complexity index is 1420. The number of anilines is 1. The van der Waals surface area contributed by atoms with Crippen LogP contribution < -0.4 is 14.4 Å². The first-order chi connectivity index (χ1) is 19.5. The Hall–Kier alpha value is -3.27. The Labute approximate surface area is 252 Å². The van der Waals surface area contributed by atoms with Crippen molar-refractivity contribution >= 4 is 50.7 Å². The summed E-state index contributed by atoms with van der Waals surface area (Å²) < 4.78 is 32.3. The normalized spacial score (nSPS) is 11.9. The molecule has 0 spiro atoms. The van der Waals surface area contributed by atoms with Gasteiger partial charge in [0.2, 0.25) is 21.8 Å². The maximum Gasteiger partial charge on any atom is 0.244 e. The fraction of sp³-hybridized carbons (Fsp3) is 0.333. The van der Waals surface area contributed by atoms with E-state index in [1.165, 1.54) is 4.90 Å². The van der Waals surface area contributed by atoms with E-state index >= 15 is 0 Å². The molecule has 0 aliphatic rings. The number of carbonyl (C=O) groups is 2. The van der Waals surface area contributed by atoms with Crippen molar-refractivity contribution in [1.29, 1.82) is 0 Å². The van der Waals surface area contributed by atoms with E-state index < -0.39 is 28.5 Å². The fourth-order valence-electron chi connectivity index (χ4n) is 4.24. The van der Waals surface area contributed by atoms with Crippen molar-refractivity contribution in [2.45, 2.75) is 39.3 Å². The van der Waals surface area contributed by atoms with E-state index in [0.29, 0.717) is 46.6 Å². The zero-order chi connectivity index (χ0) is 30.0. The molecule has 8 nitrogen and oxygen atoms in total. The second-order valence-electron chi connectivity index (χ2n) is 9.46. The molecule has 41 heavy (non-hydrogen) atoms. The first kappa shape index (κ1) is 32.2. The third-order valence-corrected chi connectivity index (χ3v) is 8.15.